The largest absolute Gasteiger partial charge is 0.409 e. The van der Waals surface area contributed by atoms with E-state index in [2.05, 4.69) is 36.5 Å². The molecule has 0 aliphatic heterocycles. The van der Waals surface area contributed by atoms with E-state index in [4.69, 9.17) is 10.9 Å². The molecule has 1 heterocycles. The van der Waals surface area contributed by atoms with Gasteiger partial charge in [-0.15, -0.1) is 11.3 Å². The molecule has 1 rings (SSSR count). The van der Waals surface area contributed by atoms with Gasteiger partial charge in [0.05, 0.1) is 6.04 Å². The van der Waals surface area contributed by atoms with E-state index in [1.54, 1.807) is 11.3 Å². The molecule has 0 fully saturated rings. The summed E-state index contributed by atoms with van der Waals surface area (Å²) in [7, 11) is 0. The molecule has 0 saturated carbocycles. The quantitative estimate of drug-likeness (QED) is 0.318. The fraction of sp³-hybridized carbons (Fsp3) is 0.500. The minimum Gasteiger partial charge on any atom is -0.409 e. The maximum atomic E-state index is 8.52. The van der Waals surface area contributed by atoms with Gasteiger partial charge < -0.3 is 16.3 Å². The number of hydrogen-bond donors (Lipinski definition) is 3. The summed E-state index contributed by atoms with van der Waals surface area (Å²) in [5.74, 6) is 0.204. The van der Waals surface area contributed by atoms with E-state index in [9.17, 15) is 0 Å². The van der Waals surface area contributed by atoms with E-state index in [1.165, 1.54) is 9.75 Å². The van der Waals surface area contributed by atoms with Gasteiger partial charge in [0.2, 0.25) is 0 Å². The standard InChI is InChI=1S/C10H17N3OS/c1-6-4-5-9(15-6)7(2)12-8(3)10(11)13-14/h4-5,7-8,12,14H,1-3H3,(H2,11,13). The highest BCUT2D eigenvalue weighted by atomic mass is 32.1. The first-order chi connectivity index (χ1) is 7.04. The predicted octanol–water partition coefficient (Wildman–Crippen LogP) is 1.84. The number of nitrogens with one attached hydrogen (secondary N) is 1. The highest BCUT2D eigenvalue weighted by Crippen LogP contribution is 2.22. The number of nitrogens with zero attached hydrogens (tertiary/aromatic N) is 1. The van der Waals surface area contributed by atoms with Gasteiger partial charge in [0.1, 0.15) is 0 Å². The highest BCUT2D eigenvalue weighted by molar-refractivity contribution is 7.12. The summed E-state index contributed by atoms with van der Waals surface area (Å²) in [6.07, 6.45) is 0. The molecule has 0 bridgehead atoms. The number of aryl methyl sites for hydroxylation is 1. The second-order valence-electron chi connectivity index (χ2n) is 3.58. The molecule has 5 heteroatoms. The third-order valence-corrected chi connectivity index (χ3v) is 3.43. The van der Waals surface area contributed by atoms with Crippen LogP contribution in [0.15, 0.2) is 17.3 Å². The van der Waals surface area contributed by atoms with Gasteiger partial charge in [-0.1, -0.05) is 5.16 Å². The number of nitrogens with two attached hydrogens (primary N) is 1. The maximum Gasteiger partial charge on any atom is 0.156 e. The molecule has 0 saturated heterocycles. The zero-order valence-corrected chi connectivity index (χ0v) is 10.0. The number of oxime groups is 1. The average molecular weight is 227 g/mol. The monoisotopic (exact) mass is 227 g/mol. The van der Waals surface area contributed by atoms with Crippen molar-refractivity contribution in [1.82, 2.24) is 5.32 Å². The number of thiophene rings is 1. The molecule has 0 aromatic carbocycles. The van der Waals surface area contributed by atoms with E-state index in [1.807, 2.05) is 6.92 Å². The van der Waals surface area contributed by atoms with Crippen molar-refractivity contribution in [3.63, 3.8) is 0 Å². The third-order valence-electron chi connectivity index (χ3n) is 2.25. The Morgan fingerprint density at radius 2 is 2.20 bits per heavy atom. The Hall–Kier alpha value is -1.07. The molecular formula is C10H17N3OS. The van der Waals surface area contributed by atoms with E-state index in [0.29, 0.717) is 0 Å². The molecule has 0 spiro atoms. The summed E-state index contributed by atoms with van der Waals surface area (Å²) in [4.78, 5) is 2.54. The van der Waals surface area contributed by atoms with Crippen molar-refractivity contribution >= 4 is 17.2 Å². The smallest absolute Gasteiger partial charge is 0.156 e. The lowest BCUT2D eigenvalue weighted by Gasteiger charge is -2.17. The zero-order valence-electron chi connectivity index (χ0n) is 9.19. The van der Waals surface area contributed by atoms with Crippen LogP contribution in [0.2, 0.25) is 0 Å². The fourth-order valence-corrected chi connectivity index (χ4v) is 2.20. The molecule has 0 radical (unpaired) electrons. The van der Waals surface area contributed by atoms with Crippen molar-refractivity contribution in [3.05, 3.63) is 21.9 Å². The summed E-state index contributed by atoms with van der Waals surface area (Å²) in [6, 6.07) is 4.26. The first kappa shape index (κ1) is 12.0. The minimum absolute atomic E-state index is 0.132. The summed E-state index contributed by atoms with van der Waals surface area (Å²) in [6.45, 7) is 6.01. The summed E-state index contributed by atoms with van der Waals surface area (Å²) >= 11 is 1.75. The van der Waals surface area contributed by atoms with Gasteiger partial charge in [-0.2, -0.15) is 0 Å². The van der Waals surface area contributed by atoms with E-state index >= 15 is 0 Å². The second-order valence-corrected chi connectivity index (χ2v) is 4.90. The van der Waals surface area contributed by atoms with E-state index < -0.39 is 0 Å². The van der Waals surface area contributed by atoms with Gasteiger partial charge in [-0.25, -0.2) is 0 Å². The molecule has 0 amide bonds. The van der Waals surface area contributed by atoms with Crippen molar-refractivity contribution in [3.8, 4) is 0 Å². The molecule has 0 aliphatic carbocycles. The van der Waals surface area contributed by atoms with Gasteiger partial charge in [0.15, 0.2) is 5.84 Å². The molecule has 1 aromatic rings. The number of hydrogen-bond acceptors (Lipinski definition) is 4. The molecule has 0 aliphatic rings. The average Bonchev–Trinajstić information content (AvgIpc) is 2.63. The SMILES string of the molecule is Cc1ccc(C(C)NC(C)C(N)=NO)s1. The van der Waals surface area contributed by atoms with Crippen LogP contribution in [0.1, 0.15) is 29.6 Å². The Bertz CT molecular complexity index is 348. The van der Waals surface area contributed by atoms with Crippen LogP contribution in [0.25, 0.3) is 0 Å². The maximum absolute atomic E-state index is 8.52. The predicted molar refractivity (Wildman–Crippen MR) is 63.5 cm³/mol. The van der Waals surface area contributed by atoms with Gasteiger partial charge in [-0.3, -0.25) is 0 Å². The normalized spacial score (nSPS) is 16.3. The Morgan fingerprint density at radius 1 is 1.53 bits per heavy atom. The third kappa shape index (κ3) is 3.21. The van der Waals surface area contributed by atoms with Crippen molar-refractivity contribution in [2.45, 2.75) is 32.9 Å². The zero-order chi connectivity index (χ0) is 11.4. The Balaban J connectivity index is 2.59. The van der Waals surface area contributed by atoms with E-state index in [0.717, 1.165) is 0 Å². The van der Waals surface area contributed by atoms with Gasteiger partial charge in [0.25, 0.3) is 0 Å². The van der Waals surface area contributed by atoms with Crippen molar-refractivity contribution in [2.24, 2.45) is 10.9 Å². The van der Waals surface area contributed by atoms with Crippen LogP contribution in [0.4, 0.5) is 0 Å². The van der Waals surface area contributed by atoms with Crippen LogP contribution in [0.5, 0.6) is 0 Å². The first-order valence-corrected chi connectivity index (χ1v) is 5.66. The molecule has 15 heavy (non-hydrogen) atoms. The van der Waals surface area contributed by atoms with Gasteiger partial charge in [0, 0.05) is 15.8 Å². The highest BCUT2D eigenvalue weighted by Gasteiger charge is 2.13. The molecule has 4 N–H and O–H groups in total. The molecule has 2 unspecified atom stereocenters. The van der Waals surface area contributed by atoms with Gasteiger partial charge in [-0.05, 0) is 32.9 Å². The minimum atomic E-state index is -0.132. The summed E-state index contributed by atoms with van der Waals surface area (Å²) in [5.41, 5.74) is 5.49. The van der Waals surface area contributed by atoms with Crippen LogP contribution in [-0.4, -0.2) is 17.1 Å². The van der Waals surface area contributed by atoms with Crippen LogP contribution >= 0.6 is 11.3 Å². The van der Waals surface area contributed by atoms with Gasteiger partial charge >= 0.3 is 0 Å². The van der Waals surface area contributed by atoms with Crippen LogP contribution in [0.3, 0.4) is 0 Å². The first-order valence-electron chi connectivity index (χ1n) is 4.84. The van der Waals surface area contributed by atoms with Crippen LogP contribution in [-0.2, 0) is 0 Å². The fourth-order valence-electron chi connectivity index (χ4n) is 1.32. The van der Waals surface area contributed by atoms with Crippen LogP contribution < -0.4 is 11.1 Å². The van der Waals surface area contributed by atoms with Crippen molar-refractivity contribution in [1.29, 1.82) is 0 Å². The molecule has 84 valence electrons. The lowest BCUT2D eigenvalue weighted by Crippen LogP contribution is -2.40. The van der Waals surface area contributed by atoms with Crippen molar-refractivity contribution < 1.29 is 5.21 Å². The summed E-state index contributed by atoms with van der Waals surface area (Å²) in [5, 5.41) is 14.7. The van der Waals surface area contributed by atoms with Crippen LogP contribution in [0, 0.1) is 6.92 Å². The topological polar surface area (TPSA) is 70.6 Å². The Labute approximate surface area is 93.8 Å². The Morgan fingerprint density at radius 3 is 2.67 bits per heavy atom. The molecule has 2 atom stereocenters. The Kier molecular flexibility index (Phi) is 4.11. The summed E-state index contributed by atoms with van der Waals surface area (Å²) < 4.78 is 0. The van der Waals surface area contributed by atoms with E-state index in [-0.39, 0.29) is 17.9 Å². The number of rotatable bonds is 4. The number of amidine groups is 1. The lowest BCUT2D eigenvalue weighted by molar-refractivity contribution is 0.314. The molecular weight excluding hydrogens is 210 g/mol. The van der Waals surface area contributed by atoms with Crippen molar-refractivity contribution in [2.75, 3.05) is 0 Å². The lowest BCUT2D eigenvalue weighted by atomic mass is 10.2. The molecule has 4 nitrogen and oxygen atoms in total. The second kappa shape index (κ2) is 5.14. The molecule has 1 aromatic heterocycles.